The van der Waals surface area contributed by atoms with Gasteiger partial charge in [0.15, 0.2) is 0 Å². The Hall–Kier alpha value is -1.42. The van der Waals surface area contributed by atoms with E-state index in [1.165, 1.54) is 12.1 Å². The molecule has 0 bridgehead atoms. The van der Waals surface area contributed by atoms with E-state index in [9.17, 15) is 14.3 Å². The minimum Gasteiger partial charge on any atom is -0.388 e. The van der Waals surface area contributed by atoms with Crippen LogP contribution in [0.3, 0.4) is 0 Å². The van der Waals surface area contributed by atoms with Crippen molar-refractivity contribution in [1.82, 2.24) is 5.32 Å². The number of amides is 1. The first kappa shape index (κ1) is 15.6. The number of aliphatic hydroxyl groups is 1. The lowest BCUT2D eigenvalue weighted by Crippen LogP contribution is -2.45. The van der Waals surface area contributed by atoms with Crippen LogP contribution >= 0.6 is 0 Å². The average molecular weight is 267 g/mol. The van der Waals surface area contributed by atoms with Gasteiger partial charge in [0.1, 0.15) is 5.82 Å². The van der Waals surface area contributed by atoms with Gasteiger partial charge >= 0.3 is 0 Å². The molecule has 0 aliphatic rings. The number of rotatable bonds is 5. The molecule has 2 unspecified atom stereocenters. The molecule has 0 aliphatic carbocycles. The molecule has 19 heavy (non-hydrogen) atoms. The smallest absolute Gasteiger partial charge is 0.251 e. The summed E-state index contributed by atoms with van der Waals surface area (Å²) < 4.78 is 13.1. The highest BCUT2D eigenvalue weighted by atomic mass is 19.1. The van der Waals surface area contributed by atoms with Crippen LogP contribution in [0.4, 0.5) is 4.39 Å². The Labute approximate surface area is 113 Å². The van der Waals surface area contributed by atoms with Gasteiger partial charge in [-0.15, -0.1) is 0 Å². The summed E-state index contributed by atoms with van der Waals surface area (Å²) in [7, 11) is 0. The molecule has 0 heterocycles. The second-order valence-corrected chi connectivity index (χ2v) is 5.31. The van der Waals surface area contributed by atoms with Crippen LogP contribution in [0.15, 0.2) is 18.2 Å². The van der Waals surface area contributed by atoms with Crippen LogP contribution in [-0.4, -0.2) is 23.2 Å². The van der Waals surface area contributed by atoms with Crippen molar-refractivity contribution in [3.63, 3.8) is 0 Å². The summed E-state index contributed by atoms with van der Waals surface area (Å²) in [6, 6.07) is 4.10. The van der Waals surface area contributed by atoms with Crippen LogP contribution in [0, 0.1) is 18.7 Å². The fraction of sp³-hybridized carbons (Fsp3) is 0.533. The SMILES string of the molecule is CCC(C)C(C)(O)CNC(=O)c1cc(F)ccc1C. The van der Waals surface area contributed by atoms with Gasteiger partial charge in [-0.05, 0) is 37.5 Å². The van der Waals surface area contributed by atoms with Gasteiger partial charge in [0.2, 0.25) is 0 Å². The Balaban J connectivity index is 2.73. The third kappa shape index (κ3) is 4.03. The topological polar surface area (TPSA) is 49.3 Å². The summed E-state index contributed by atoms with van der Waals surface area (Å²) in [6.07, 6.45) is 0.821. The van der Waals surface area contributed by atoms with Gasteiger partial charge in [-0.2, -0.15) is 0 Å². The highest BCUT2D eigenvalue weighted by molar-refractivity contribution is 5.95. The van der Waals surface area contributed by atoms with E-state index in [0.717, 1.165) is 6.42 Å². The highest BCUT2D eigenvalue weighted by Gasteiger charge is 2.27. The summed E-state index contributed by atoms with van der Waals surface area (Å²) in [5, 5.41) is 12.9. The maximum atomic E-state index is 13.1. The molecule has 0 aromatic heterocycles. The van der Waals surface area contributed by atoms with Crippen molar-refractivity contribution < 1.29 is 14.3 Å². The molecule has 0 aliphatic heterocycles. The van der Waals surface area contributed by atoms with Crippen LogP contribution in [-0.2, 0) is 0 Å². The zero-order valence-corrected chi connectivity index (χ0v) is 12.0. The average Bonchev–Trinajstić information content (AvgIpc) is 2.37. The molecular formula is C15H22FNO2. The molecule has 0 spiro atoms. The first-order valence-electron chi connectivity index (χ1n) is 6.54. The van der Waals surface area contributed by atoms with E-state index in [1.807, 2.05) is 13.8 Å². The van der Waals surface area contributed by atoms with E-state index in [0.29, 0.717) is 11.1 Å². The number of benzene rings is 1. The van der Waals surface area contributed by atoms with E-state index in [4.69, 9.17) is 0 Å². The summed E-state index contributed by atoms with van der Waals surface area (Å²) in [4.78, 5) is 12.0. The van der Waals surface area contributed by atoms with Gasteiger partial charge in [0.25, 0.3) is 5.91 Å². The van der Waals surface area contributed by atoms with Gasteiger partial charge in [-0.1, -0.05) is 26.3 Å². The molecule has 1 aromatic carbocycles. The van der Waals surface area contributed by atoms with Crippen LogP contribution in [0.2, 0.25) is 0 Å². The number of aryl methyl sites for hydroxylation is 1. The van der Waals surface area contributed by atoms with Crippen LogP contribution < -0.4 is 5.32 Å². The summed E-state index contributed by atoms with van der Waals surface area (Å²) in [6.45, 7) is 7.51. The van der Waals surface area contributed by atoms with Crippen molar-refractivity contribution in [2.24, 2.45) is 5.92 Å². The summed E-state index contributed by atoms with van der Waals surface area (Å²) in [5.74, 6) is -0.730. The minimum atomic E-state index is -0.967. The molecule has 2 N–H and O–H groups in total. The Morgan fingerprint density at radius 1 is 1.53 bits per heavy atom. The van der Waals surface area contributed by atoms with E-state index in [2.05, 4.69) is 5.32 Å². The van der Waals surface area contributed by atoms with Crippen LogP contribution in [0.25, 0.3) is 0 Å². The molecule has 2 atom stereocenters. The van der Waals surface area contributed by atoms with E-state index in [1.54, 1.807) is 19.9 Å². The quantitative estimate of drug-likeness (QED) is 0.861. The third-order valence-corrected chi connectivity index (χ3v) is 3.73. The van der Waals surface area contributed by atoms with E-state index >= 15 is 0 Å². The Morgan fingerprint density at radius 3 is 2.74 bits per heavy atom. The number of carbonyl (C=O) groups is 1. The number of hydrogen-bond donors (Lipinski definition) is 2. The lowest BCUT2D eigenvalue weighted by Gasteiger charge is -2.29. The van der Waals surface area contributed by atoms with Crippen LogP contribution in [0.5, 0.6) is 0 Å². The molecule has 0 radical (unpaired) electrons. The second-order valence-electron chi connectivity index (χ2n) is 5.31. The standard InChI is InChI=1S/C15H22FNO2/c1-5-11(3)15(4,19)9-17-14(18)13-8-12(16)7-6-10(13)2/h6-8,11,19H,5,9H2,1-4H3,(H,17,18). The predicted molar refractivity (Wildman–Crippen MR) is 73.5 cm³/mol. The van der Waals surface area contributed by atoms with Crippen molar-refractivity contribution in [1.29, 1.82) is 0 Å². The van der Waals surface area contributed by atoms with E-state index in [-0.39, 0.29) is 18.4 Å². The van der Waals surface area contributed by atoms with E-state index < -0.39 is 11.4 Å². The van der Waals surface area contributed by atoms with Crippen LogP contribution in [0.1, 0.15) is 43.1 Å². The summed E-state index contributed by atoms with van der Waals surface area (Å²) in [5.41, 5.74) is 0.0491. The third-order valence-electron chi connectivity index (χ3n) is 3.73. The fourth-order valence-electron chi connectivity index (χ4n) is 1.81. The zero-order valence-electron chi connectivity index (χ0n) is 12.0. The Kier molecular flexibility index (Phi) is 5.06. The molecule has 106 valence electrons. The highest BCUT2D eigenvalue weighted by Crippen LogP contribution is 2.19. The van der Waals surface area contributed by atoms with Gasteiger partial charge in [-0.3, -0.25) is 4.79 Å². The number of nitrogens with one attached hydrogen (secondary N) is 1. The van der Waals surface area contributed by atoms with Crippen molar-refractivity contribution in [3.05, 3.63) is 35.1 Å². The lowest BCUT2D eigenvalue weighted by molar-refractivity contribution is 0.00591. The van der Waals surface area contributed by atoms with Gasteiger partial charge in [0, 0.05) is 12.1 Å². The Bertz CT molecular complexity index is 457. The Morgan fingerprint density at radius 2 is 2.16 bits per heavy atom. The molecule has 3 nitrogen and oxygen atoms in total. The van der Waals surface area contributed by atoms with Crippen molar-refractivity contribution in [2.45, 2.75) is 39.7 Å². The largest absolute Gasteiger partial charge is 0.388 e. The number of carbonyl (C=O) groups excluding carboxylic acids is 1. The van der Waals surface area contributed by atoms with Crippen molar-refractivity contribution >= 4 is 5.91 Å². The first-order chi connectivity index (χ1) is 8.77. The lowest BCUT2D eigenvalue weighted by atomic mass is 9.88. The number of hydrogen-bond acceptors (Lipinski definition) is 2. The molecule has 4 heteroatoms. The fourth-order valence-corrected chi connectivity index (χ4v) is 1.81. The molecule has 1 amide bonds. The summed E-state index contributed by atoms with van der Waals surface area (Å²) >= 11 is 0. The monoisotopic (exact) mass is 267 g/mol. The van der Waals surface area contributed by atoms with Gasteiger partial charge in [-0.25, -0.2) is 4.39 Å². The molecule has 0 fully saturated rings. The van der Waals surface area contributed by atoms with Gasteiger partial charge in [0.05, 0.1) is 5.60 Å². The first-order valence-corrected chi connectivity index (χ1v) is 6.54. The maximum Gasteiger partial charge on any atom is 0.251 e. The molecule has 0 saturated carbocycles. The van der Waals surface area contributed by atoms with Gasteiger partial charge < -0.3 is 10.4 Å². The maximum absolute atomic E-state index is 13.1. The predicted octanol–water partition coefficient (Wildman–Crippen LogP) is 2.66. The molecular weight excluding hydrogens is 245 g/mol. The minimum absolute atomic E-state index is 0.0707. The van der Waals surface area contributed by atoms with Crippen molar-refractivity contribution in [3.8, 4) is 0 Å². The molecule has 0 saturated heterocycles. The van der Waals surface area contributed by atoms with Crippen molar-refractivity contribution in [2.75, 3.05) is 6.54 Å². The zero-order chi connectivity index (χ0) is 14.6. The molecule has 1 aromatic rings. The normalized spacial score (nSPS) is 15.7. The second kappa shape index (κ2) is 6.15. The molecule has 1 rings (SSSR count). The number of halogens is 1.